The van der Waals surface area contributed by atoms with E-state index in [0.29, 0.717) is 4.90 Å². The van der Waals surface area contributed by atoms with Crippen molar-refractivity contribution >= 4 is 34.1 Å². The Morgan fingerprint density at radius 1 is 1.25 bits per heavy atom. The molecule has 9 heteroatoms. The van der Waals surface area contributed by atoms with Gasteiger partial charge in [0.15, 0.2) is 11.6 Å². The molecule has 0 saturated heterocycles. The molecule has 0 aliphatic heterocycles. The monoisotopic (exact) mass is 412 g/mol. The summed E-state index contributed by atoms with van der Waals surface area (Å²) >= 11 is 5.68. The van der Waals surface area contributed by atoms with Gasteiger partial charge in [-0.25, -0.2) is 18.0 Å². The second-order valence-corrected chi connectivity index (χ2v) is 6.37. The lowest BCUT2D eigenvalue weighted by molar-refractivity contribution is 0.208. The number of H-pyrrole nitrogens is 1. The number of amides is 2. The number of hydrogen-bond donors (Lipinski definition) is 2. The van der Waals surface area contributed by atoms with Crippen molar-refractivity contribution < 1.29 is 22.1 Å². The van der Waals surface area contributed by atoms with Gasteiger partial charge >= 0.3 is 6.03 Å². The largest absolute Gasteiger partial charge is 0.328 e. The fraction of sp³-hybridized carbons (Fsp3) is 0.158. The molecule has 2 amide bonds. The molecule has 2 N–H and O–H groups in total. The minimum absolute atomic E-state index is 0.0392. The van der Waals surface area contributed by atoms with Crippen LogP contribution < -0.4 is 10.9 Å². The quantitative estimate of drug-likeness (QED) is 0.647. The first-order chi connectivity index (χ1) is 14.4. The van der Waals surface area contributed by atoms with Gasteiger partial charge in [0.25, 0.3) is 5.56 Å². The molecule has 0 aliphatic carbocycles. The van der Waals surface area contributed by atoms with Crippen LogP contribution in [0.4, 0.5) is 23.7 Å². The third kappa shape index (κ3) is 3.55. The summed E-state index contributed by atoms with van der Waals surface area (Å²) in [5.74, 6) is -3.37. The average molecular weight is 413 g/mol. The number of rotatable bonds is 3. The predicted molar refractivity (Wildman–Crippen MR) is 101 cm³/mol. The van der Waals surface area contributed by atoms with Crippen LogP contribution in [0.5, 0.6) is 0 Å². The SMILES string of the molecule is [2H]C([2H])([2H])N(C(=O)Nc1ccc(F)c(Cl)c1)[C@@H](C)c1c[nH]c(=O)c2c(F)c(F)ccc12. The van der Waals surface area contributed by atoms with Crippen LogP contribution in [0.25, 0.3) is 10.8 Å². The number of carbonyl (C=O) groups is 1. The summed E-state index contributed by atoms with van der Waals surface area (Å²) in [5.41, 5.74) is -0.803. The molecule has 146 valence electrons. The third-order valence-corrected chi connectivity index (χ3v) is 4.51. The van der Waals surface area contributed by atoms with E-state index >= 15 is 0 Å². The van der Waals surface area contributed by atoms with E-state index in [9.17, 15) is 22.8 Å². The maximum absolute atomic E-state index is 14.2. The summed E-state index contributed by atoms with van der Waals surface area (Å²) in [6.45, 7) is -1.62. The van der Waals surface area contributed by atoms with Gasteiger partial charge in [0.05, 0.1) is 16.5 Å². The molecule has 0 bridgehead atoms. The van der Waals surface area contributed by atoms with E-state index in [-0.39, 0.29) is 21.7 Å². The van der Waals surface area contributed by atoms with Crippen molar-refractivity contribution in [2.24, 2.45) is 0 Å². The molecule has 0 unspecified atom stereocenters. The van der Waals surface area contributed by atoms with Gasteiger partial charge in [0.2, 0.25) is 0 Å². The second kappa shape index (κ2) is 7.55. The lowest BCUT2D eigenvalue weighted by atomic mass is 10.0. The van der Waals surface area contributed by atoms with E-state index in [2.05, 4.69) is 10.3 Å². The second-order valence-electron chi connectivity index (χ2n) is 5.96. The van der Waals surface area contributed by atoms with Gasteiger partial charge < -0.3 is 15.2 Å². The van der Waals surface area contributed by atoms with E-state index in [1.54, 1.807) is 0 Å². The molecular formula is C19H15ClF3N3O2. The predicted octanol–water partition coefficient (Wildman–Crippen LogP) is 4.82. The van der Waals surface area contributed by atoms with E-state index in [4.69, 9.17) is 15.7 Å². The van der Waals surface area contributed by atoms with Gasteiger partial charge in [-0.3, -0.25) is 4.79 Å². The topological polar surface area (TPSA) is 65.2 Å². The number of aromatic amines is 1. The van der Waals surface area contributed by atoms with Crippen LogP contribution in [0.3, 0.4) is 0 Å². The Kier molecular flexibility index (Phi) is 4.32. The first kappa shape index (κ1) is 16.0. The van der Waals surface area contributed by atoms with Crippen molar-refractivity contribution in [1.29, 1.82) is 0 Å². The molecule has 1 atom stereocenters. The van der Waals surface area contributed by atoms with Gasteiger partial charge in [-0.1, -0.05) is 17.7 Å². The Hall–Kier alpha value is -3.00. The molecule has 5 nitrogen and oxygen atoms in total. The molecule has 0 fully saturated rings. The Morgan fingerprint density at radius 2 is 1.96 bits per heavy atom. The van der Waals surface area contributed by atoms with Crippen LogP contribution in [-0.4, -0.2) is 22.9 Å². The van der Waals surface area contributed by atoms with E-state index < -0.39 is 47.4 Å². The highest BCUT2D eigenvalue weighted by molar-refractivity contribution is 6.31. The number of nitrogens with zero attached hydrogens (tertiary/aromatic N) is 1. The van der Waals surface area contributed by atoms with Crippen LogP contribution in [0.15, 0.2) is 41.3 Å². The van der Waals surface area contributed by atoms with Gasteiger partial charge in [0, 0.05) is 23.0 Å². The molecule has 1 aromatic heterocycles. The number of halogens is 4. The number of urea groups is 1. The maximum atomic E-state index is 14.2. The molecule has 1 heterocycles. The smallest absolute Gasteiger partial charge is 0.322 e. The van der Waals surface area contributed by atoms with E-state index in [0.717, 1.165) is 30.5 Å². The Bertz CT molecular complexity index is 1230. The number of hydrogen-bond acceptors (Lipinski definition) is 2. The Labute approximate surface area is 166 Å². The summed E-state index contributed by atoms with van der Waals surface area (Å²) in [6, 6.07) is 2.91. The van der Waals surface area contributed by atoms with Crippen LogP contribution in [0, 0.1) is 17.5 Å². The van der Waals surface area contributed by atoms with Crippen molar-refractivity contribution in [3.63, 3.8) is 0 Å². The number of benzene rings is 2. The van der Waals surface area contributed by atoms with Crippen LogP contribution in [0.1, 0.15) is 22.6 Å². The zero-order valence-electron chi connectivity index (χ0n) is 17.3. The Morgan fingerprint density at radius 3 is 2.64 bits per heavy atom. The molecule has 28 heavy (non-hydrogen) atoms. The normalized spacial score (nSPS) is 14.1. The van der Waals surface area contributed by atoms with Crippen molar-refractivity contribution in [1.82, 2.24) is 9.88 Å². The van der Waals surface area contributed by atoms with Crippen molar-refractivity contribution in [3.8, 4) is 0 Å². The number of nitrogens with one attached hydrogen (secondary N) is 2. The fourth-order valence-corrected chi connectivity index (χ4v) is 2.91. The Balaban J connectivity index is 2.07. The summed E-state index contributed by atoms with van der Waals surface area (Å²) in [4.78, 5) is 27.5. The molecule has 0 aliphatic rings. The number of fused-ring (bicyclic) bond motifs is 1. The first-order valence-corrected chi connectivity index (χ1v) is 8.34. The van der Waals surface area contributed by atoms with Crippen molar-refractivity contribution in [2.75, 3.05) is 12.3 Å². The van der Waals surface area contributed by atoms with Crippen LogP contribution in [-0.2, 0) is 0 Å². The van der Waals surface area contributed by atoms with Crippen LogP contribution in [0.2, 0.25) is 5.02 Å². The van der Waals surface area contributed by atoms with Gasteiger partial charge in [-0.15, -0.1) is 0 Å². The first-order valence-electron chi connectivity index (χ1n) is 9.46. The van der Waals surface area contributed by atoms with Gasteiger partial charge in [-0.05, 0) is 42.1 Å². The van der Waals surface area contributed by atoms with Crippen molar-refractivity contribution in [2.45, 2.75) is 13.0 Å². The highest BCUT2D eigenvalue weighted by Gasteiger charge is 2.22. The molecule has 0 radical (unpaired) electrons. The number of anilines is 1. The summed E-state index contributed by atoms with van der Waals surface area (Å²) in [7, 11) is 0. The number of aromatic nitrogens is 1. The third-order valence-electron chi connectivity index (χ3n) is 4.22. The average Bonchev–Trinajstić information content (AvgIpc) is 2.66. The van der Waals surface area contributed by atoms with Crippen LogP contribution >= 0.6 is 11.6 Å². The van der Waals surface area contributed by atoms with Crippen molar-refractivity contribution in [3.05, 3.63) is 74.9 Å². The molecular weight excluding hydrogens is 395 g/mol. The van der Waals surface area contributed by atoms with E-state index in [1.165, 1.54) is 13.0 Å². The summed E-state index contributed by atoms with van der Waals surface area (Å²) < 4.78 is 64.5. The highest BCUT2D eigenvalue weighted by atomic mass is 35.5. The summed E-state index contributed by atoms with van der Waals surface area (Å²) in [5, 5.41) is 1.38. The zero-order chi connectivity index (χ0) is 23.1. The molecule has 2 aromatic carbocycles. The standard InChI is InChI=1S/C19H15ClF3N3O2/c1-9(26(2)19(28)25-10-3-5-14(21)13(20)7-10)12-8-24-18(27)16-11(12)4-6-15(22)17(16)23/h3-9H,1-2H3,(H,24,27)(H,25,28)/t9-/m0/s1/i2D3. The molecule has 3 aromatic rings. The maximum Gasteiger partial charge on any atom is 0.322 e. The highest BCUT2D eigenvalue weighted by Crippen LogP contribution is 2.28. The fourth-order valence-electron chi connectivity index (χ4n) is 2.72. The molecule has 3 rings (SSSR count). The minimum atomic E-state index is -2.96. The van der Waals surface area contributed by atoms with Gasteiger partial charge in [0.1, 0.15) is 5.82 Å². The lowest BCUT2D eigenvalue weighted by Gasteiger charge is -2.26. The zero-order valence-corrected chi connectivity index (χ0v) is 15.1. The van der Waals surface area contributed by atoms with E-state index in [1.807, 2.05) is 0 Å². The molecule has 0 saturated carbocycles. The number of carbonyl (C=O) groups excluding carboxylic acids is 1. The summed E-state index contributed by atoms with van der Waals surface area (Å²) in [6.07, 6.45) is 1.13. The molecule has 0 spiro atoms. The lowest BCUT2D eigenvalue weighted by Crippen LogP contribution is -2.34. The van der Waals surface area contributed by atoms with Gasteiger partial charge in [-0.2, -0.15) is 0 Å². The number of pyridine rings is 1. The minimum Gasteiger partial charge on any atom is -0.328 e.